The summed E-state index contributed by atoms with van der Waals surface area (Å²) in [6.07, 6.45) is 0. The number of aromatic nitrogens is 2. The topological polar surface area (TPSA) is 59.2 Å². The van der Waals surface area contributed by atoms with E-state index in [9.17, 15) is 4.79 Å². The van der Waals surface area contributed by atoms with Gasteiger partial charge in [0.15, 0.2) is 5.82 Å². The van der Waals surface area contributed by atoms with Crippen molar-refractivity contribution in [3.63, 3.8) is 0 Å². The number of aryl methyl sites for hydroxylation is 1. The Labute approximate surface area is 127 Å². The number of rotatable bonds is 5. The molecule has 2 aromatic rings. The first kappa shape index (κ1) is 14.1. The SMILES string of the molecule is Cc1noc(C2CN(C(=O)CSCc3ccccc3)C2)n1. The fraction of sp³-hybridized carbons (Fsp3) is 0.400. The molecule has 21 heavy (non-hydrogen) atoms. The second-order valence-corrected chi connectivity index (χ2v) is 6.14. The molecule has 1 saturated heterocycles. The molecule has 5 nitrogen and oxygen atoms in total. The lowest BCUT2D eigenvalue weighted by molar-refractivity contribution is -0.133. The molecule has 1 aliphatic rings. The van der Waals surface area contributed by atoms with Crippen LogP contribution in [0.5, 0.6) is 0 Å². The van der Waals surface area contributed by atoms with Crippen LogP contribution < -0.4 is 0 Å². The van der Waals surface area contributed by atoms with Crippen molar-refractivity contribution in [1.82, 2.24) is 15.0 Å². The van der Waals surface area contributed by atoms with Crippen molar-refractivity contribution in [2.24, 2.45) is 0 Å². The second kappa shape index (κ2) is 6.30. The third kappa shape index (κ3) is 3.44. The summed E-state index contributed by atoms with van der Waals surface area (Å²) in [5.41, 5.74) is 1.25. The fourth-order valence-corrected chi connectivity index (χ4v) is 3.13. The monoisotopic (exact) mass is 303 g/mol. The number of thioether (sulfide) groups is 1. The Morgan fingerprint density at radius 2 is 2.14 bits per heavy atom. The third-order valence-corrected chi connectivity index (χ3v) is 4.45. The van der Waals surface area contributed by atoms with Crippen LogP contribution in [-0.4, -0.2) is 39.8 Å². The summed E-state index contributed by atoms with van der Waals surface area (Å²) in [7, 11) is 0. The van der Waals surface area contributed by atoms with Crippen LogP contribution >= 0.6 is 11.8 Å². The van der Waals surface area contributed by atoms with Gasteiger partial charge in [-0.25, -0.2) is 0 Å². The zero-order valence-corrected chi connectivity index (χ0v) is 12.7. The molecule has 1 aromatic heterocycles. The van der Waals surface area contributed by atoms with Crippen LogP contribution in [0.15, 0.2) is 34.9 Å². The van der Waals surface area contributed by atoms with Crippen molar-refractivity contribution in [1.29, 1.82) is 0 Å². The highest BCUT2D eigenvalue weighted by Crippen LogP contribution is 2.26. The van der Waals surface area contributed by atoms with Crippen LogP contribution in [0, 0.1) is 6.92 Å². The molecular weight excluding hydrogens is 286 g/mol. The highest BCUT2D eigenvalue weighted by Gasteiger charge is 2.35. The molecule has 0 N–H and O–H groups in total. The molecular formula is C15H17N3O2S. The number of amides is 1. The number of hydrogen-bond acceptors (Lipinski definition) is 5. The summed E-state index contributed by atoms with van der Waals surface area (Å²) in [4.78, 5) is 18.1. The Bertz CT molecular complexity index is 608. The van der Waals surface area contributed by atoms with Crippen molar-refractivity contribution in [2.45, 2.75) is 18.6 Å². The van der Waals surface area contributed by atoms with Gasteiger partial charge in [0, 0.05) is 18.8 Å². The minimum absolute atomic E-state index is 0.184. The maximum absolute atomic E-state index is 12.0. The first-order chi connectivity index (χ1) is 10.2. The van der Waals surface area contributed by atoms with E-state index in [1.165, 1.54) is 5.56 Å². The molecule has 0 saturated carbocycles. The predicted molar refractivity (Wildman–Crippen MR) is 81.0 cm³/mol. The van der Waals surface area contributed by atoms with E-state index in [-0.39, 0.29) is 11.8 Å². The molecule has 1 amide bonds. The minimum atomic E-state index is 0.184. The van der Waals surface area contributed by atoms with E-state index in [1.54, 1.807) is 18.7 Å². The highest BCUT2D eigenvalue weighted by molar-refractivity contribution is 7.99. The molecule has 0 spiro atoms. The van der Waals surface area contributed by atoms with Crippen molar-refractivity contribution >= 4 is 17.7 Å². The van der Waals surface area contributed by atoms with Crippen LogP contribution in [0.25, 0.3) is 0 Å². The summed E-state index contributed by atoms with van der Waals surface area (Å²) >= 11 is 1.65. The molecule has 3 rings (SSSR count). The summed E-state index contributed by atoms with van der Waals surface area (Å²) in [5.74, 6) is 3.07. The maximum atomic E-state index is 12.0. The molecule has 0 atom stereocenters. The van der Waals surface area contributed by atoms with Gasteiger partial charge in [0.05, 0.1) is 11.7 Å². The summed E-state index contributed by atoms with van der Waals surface area (Å²) in [6, 6.07) is 10.2. The Hall–Kier alpha value is -1.82. The van der Waals surface area contributed by atoms with Gasteiger partial charge in [-0.3, -0.25) is 4.79 Å². The molecule has 0 unspecified atom stereocenters. The zero-order chi connectivity index (χ0) is 14.7. The van der Waals surface area contributed by atoms with Gasteiger partial charge < -0.3 is 9.42 Å². The molecule has 0 bridgehead atoms. The minimum Gasteiger partial charge on any atom is -0.340 e. The molecule has 2 heterocycles. The van der Waals surface area contributed by atoms with Crippen LogP contribution in [0.3, 0.4) is 0 Å². The predicted octanol–water partition coefficient (Wildman–Crippen LogP) is 2.24. The average Bonchev–Trinajstić information content (AvgIpc) is 2.85. The van der Waals surface area contributed by atoms with Gasteiger partial charge in [0.2, 0.25) is 11.8 Å². The van der Waals surface area contributed by atoms with Crippen LogP contribution in [-0.2, 0) is 10.5 Å². The highest BCUT2D eigenvalue weighted by atomic mass is 32.2. The summed E-state index contributed by atoms with van der Waals surface area (Å²) in [5, 5.41) is 3.78. The van der Waals surface area contributed by atoms with Gasteiger partial charge in [0.1, 0.15) is 0 Å². The van der Waals surface area contributed by atoms with Gasteiger partial charge in [-0.2, -0.15) is 4.98 Å². The Balaban J connectivity index is 1.40. The van der Waals surface area contributed by atoms with E-state index < -0.39 is 0 Å². The fourth-order valence-electron chi connectivity index (χ4n) is 2.24. The number of benzene rings is 1. The lowest BCUT2D eigenvalue weighted by Gasteiger charge is -2.37. The van der Waals surface area contributed by atoms with Crippen molar-refractivity contribution in [3.05, 3.63) is 47.6 Å². The van der Waals surface area contributed by atoms with Crippen LogP contribution in [0.4, 0.5) is 0 Å². The van der Waals surface area contributed by atoms with Crippen LogP contribution in [0.1, 0.15) is 23.2 Å². The van der Waals surface area contributed by atoms with E-state index in [0.717, 1.165) is 5.75 Å². The third-order valence-electron chi connectivity index (χ3n) is 3.46. The molecule has 0 aliphatic carbocycles. The maximum Gasteiger partial charge on any atom is 0.233 e. The van der Waals surface area contributed by atoms with Gasteiger partial charge in [-0.1, -0.05) is 35.5 Å². The number of likely N-dealkylation sites (tertiary alicyclic amines) is 1. The smallest absolute Gasteiger partial charge is 0.233 e. The molecule has 6 heteroatoms. The molecule has 1 fully saturated rings. The first-order valence-electron chi connectivity index (χ1n) is 6.92. The van der Waals surface area contributed by atoms with Crippen molar-refractivity contribution in [2.75, 3.05) is 18.8 Å². The van der Waals surface area contributed by atoms with Gasteiger partial charge in [-0.05, 0) is 12.5 Å². The normalized spacial score (nSPS) is 15.0. The van der Waals surface area contributed by atoms with E-state index in [0.29, 0.717) is 30.6 Å². The Morgan fingerprint density at radius 3 is 2.81 bits per heavy atom. The molecule has 1 aliphatic heterocycles. The van der Waals surface area contributed by atoms with Gasteiger partial charge >= 0.3 is 0 Å². The summed E-state index contributed by atoms with van der Waals surface area (Å²) < 4.78 is 5.13. The van der Waals surface area contributed by atoms with Crippen molar-refractivity contribution < 1.29 is 9.32 Å². The Kier molecular flexibility index (Phi) is 4.24. The number of nitrogens with zero attached hydrogens (tertiary/aromatic N) is 3. The van der Waals surface area contributed by atoms with E-state index in [4.69, 9.17) is 4.52 Å². The van der Waals surface area contributed by atoms with E-state index in [2.05, 4.69) is 22.3 Å². The zero-order valence-electron chi connectivity index (χ0n) is 11.9. The molecule has 110 valence electrons. The summed E-state index contributed by atoms with van der Waals surface area (Å²) in [6.45, 7) is 3.17. The van der Waals surface area contributed by atoms with Gasteiger partial charge in [-0.15, -0.1) is 11.8 Å². The lowest BCUT2D eigenvalue weighted by Crippen LogP contribution is -2.49. The largest absolute Gasteiger partial charge is 0.340 e. The van der Waals surface area contributed by atoms with E-state index >= 15 is 0 Å². The molecule has 1 aromatic carbocycles. The van der Waals surface area contributed by atoms with Gasteiger partial charge in [0.25, 0.3) is 0 Å². The Morgan fingerprint density at radius 1 is 1.38 bits per heavy atom. The molecule has 0 radical (unpaired) electrons. The van der Waals surface area contributed by atoms with Crippen molar-refractivity contribution in [3.8, 4) is 0 Å². The quantitative estimate of drug-likeness (QED) is 0.848. The lowest BCUT2D eigenvalue weighted by atomic mass is 10.0. The standard InChI is InChI=1S/C15H17N3O2S/c1-11-16-15(20-17-11)13-7-18(8-13)14(19)10-21-9-12-5-3-2-4-6-12/h2-6,13H,7-10H2,1H3. The average molecular weight is 303 g/mol. The number of carbonyl (C=O) groups excluding carboxylic acids is 1. The number of carbonyl (C=O) groups is 1. The second-order valence-electron chi connectivity index (χ2n) is 5.15. The number of hydrogen-bond donors (Lipinski definition) is 0. The first-order valence-corrected chi connectivity index (χ1v) is 8.07. The van der Waals surface area contributed by atoms with E-state index in [1.807, 2.05) is 23.1 Å². The van der Waals surface area contributed by atoms with Crippen LogP contribution in [0.2, 0.25) is 0 Å².